The molecule has 0 amide bonds. The van der Waals surface area contributed by atoms with E-state index in [1.165, 1.54) is 0 Å². The standard InChI is InChI=1S/C12H7Br2N3OS/c13-6-5-8(19-11(6)14)10-9(12(15)17-18-10)7-3-1-2-4-16-7/h1-5H,(H2,15,17). The molecule has 0 fully saturated rings. The minimum absolute atomic E-state index is 0.342. The second kappa shape index (κ2) is 5.07. The summed E-state index contributed by atoms with van der Waals surface area (Å²) in [4.78, 5) is 5.23. The van der Waals surface area contributed by atoms with Gasteiger partial charge >= 0.3 is 0 Å². The van der Waals surface area contributed by atoms with E-state index in [2.05, 4.69) is 42.0 Å². The van der Waals surface area contributed by atoms with Crippen molar-refractivity contribution in [3.05, 3.63) is 38.7 Å². The summed E-state index contributed by atoms with van der Waals surface area (Å²) < 4.78 is 7.32. The molecule has 0 atom stereocenters. The Morgan fingerprint density at radius 1 is 1.26 bits per heavy atom. The van der Waals surface area contributed by atoms with Crippen LogP contribution in [0, 0.1) is 0 Å². The van der Waals surface area contributed by atoms with Crippen molar-refractivity contribution < 1.29 is 4.52 Å². The lowest BCUT2D eigenvalue weighted by Gasteiger charge is -1.99. The first-order chi connectivity index (χ1) is 9.16. The Balaban J connectivity index is 2.19. The molecule has 0 saturated heterocycles. The fraction of sp³-hybridized carbons (Fsp3) is 0. The summed E-state index contributed by atoms with van der Waals surface area (Å²) in [7, 11) is 0. The summed E-state index contributed by atoms with van der Waals surface area (Å²) in [5.74, 6) is 0.974. The molecule has 96 valence electrons. The largest absolute Gasteiger partial charge is 0.380 e. The van der Waals surface area contributed by atoms with Crippen LogP contribution in [0.1, 0.15) is 0 Å². The molecule has 7 heteroatoms. The Bertz CT molecular complexity index is 704. The molecular weight excluding hydrogens is 394 g/mol. The van der Waals surface area contributed by atoms with Crippen LogP contribution < -0.4 is 5.73 Å². The highest BCUT2D eigenvalue weighted by atomic mass is 79.9. The second-order valence-corrected chi connectivity index (χ2v) is 6.94. The predicted octanol–water partition coefficient (Wildman–Crippen LogP) is 4.57. The van der Waals surface area contributed by atoms with Crippen LogP contribution in [0.25, 0.3) is 21.9 Å². The van der Waals surface area contributed by atoms with Gasteiger partial charge in [0, 0.05) is 10.7 Å². The van der Waals surface area contributed by atoms with Gasteiger partial charge in [0.25, 0.3) is 0 Å². The first kappa shape index (κ1) is 12.8. The molecule has 3 heterocycles. The second-order valence-electron chi connectivity index (χ2n) is 3.72. The van der Waals surface area contributed by atoms with Gasteiger partial charge in [-0.1, -0.05) is 11.2 Å². The van der Waals surface area contributed by atoms with Gasteiger partial charge in [0.15, 0.2) is 11.6 Å². The van der Waals surface area contributed by atoms with Crippen molar-refractivity contribution in [1.29, 1.82) is 0 Å². The molecule has 0 aromatic carbocycles. The average molecular weight is 401 g/mol. The zero-order valence-electron chi connectivity index (χ0n) is 9.43. The molecule has 3 aromatic rings. The van der Waals surface area contributed by atoms with Crippen LogP contribution in [-0.4, -0.2) is 10.1 Å². The number of aromatic nitrogens is 2. The van der Waals surface area contributed by atoms with E-state index in [1.54, 1.807) is 17.5 Å². The van der Waals surface area contributed by atoms with Crippen LogP contribution in [0.3, 0.4) is 0 Å². The molecule has 0 saturated carbocycles. The molecule has 0 radical (unpaired) electrons. The maximum atomic E-state index is 5.89. The van der Waals surface area contributed by atoms with E-state index in [-0.39, 0.29) is 0 Å². The monoisotopic (exact) mass is 399 g/mol. The van der Waals surface area contributed by atoms with Gasteiger partial charge < -0.3 is 10.3 Å². The van der Waals surface area contributed by atoms with Crippen LogP contribution in [0.5, 0.6) is 0 Å². The SMILES string of the molecule is Nc1noc(-c2cc(Br)c(Br)s2)c1-c1ccccn1. The number of hydrogen-bond donors (Lipinski definition) is 1. The first-order valence-corrected chi connectivity index (χ1v) is 7.69. The van der Waals surface area contributed by atoms with Crippen molar-refractivity contribution in [2.75, 3.05) is 5.73 Å². The minimum Gasteiger partial charge on any atom is -0.380 e. The molecule has 2 N–H and O–H groups in total. The molecule has 3 rings (SSSR count). The van der Waals surface area contributed by atoms with Crippen molar-refractivity contribution >= 4 is 49.0 Å². The number of nitrogens with zero attached hydrogens (tertiary/aromatic N) is 2. The lowest BCUT2D eigenvalue weighted by atomic mass is 10.1. The molecule has 3 aromatic heterocycles. The fourth-order valence-electron chi connectivity index (χ4n) is 1.69. The molecule has 4 nitrogen and oxygen atoms in total. The van der Waals surface area contributed by atoms with Crippen LogP contribution in [0.2, 0.25) is 0 Å². The molecule has 19 heavy (non-hydrogen) atoms. The highest BCUT2D eigenvalue weighted by molar-refractivity contribution is 9.13. The van der Waals surface area contributed by atoms with Gasteiger partial charge in [0.1, 0.15) is 0 Å². The Hall–Kier alpha value is -1.18. The van der Waals surface area contributed by atoms with Crippen LogP contribution >= 0.6 is 43.2 Å². The van der Waals surface area contributed by atoms with Crippen molar-refractivity contribution in [3.63, 3.8) is 0 Å². The number of halogens is 2. The van der Waals surface area contributed by atoms with Crippen LogP contribution in [-0.2, 0) is 0 Å². The van der Waals surface area contributed by atoms with Crippen molar-refractivity contribution in [1.82, 2.24) is 10.1 Å². The van der Waals surface area contributed by atoms with E-state index in [1.807, 2.05) is 24.3 Å². The van der Waals surface area contributed by atoms with Crippen molar-refractivity contribution in [2.24, 2.45) is 0 Å². The molecule has 0 bridgehead atoms. The Kier molecular flexibility index (Phi) is 3.42. The Labute approximate surface area is 129 Å². The molecule has 0 spiro atoms. The minimum atomic E-state index is 0.342. The lowest BCUT2D eigenvalue weighted by molar-refractivity contribution is 0.437. The number of nitrogen functional groups attached to an aromatic ring is 1. The number of rotatable bonds is 2. The summed E-state index contributed by atoms with van der Waals surface area (Å²) in [6, 6.07) is 7.59. The van der Waals surface area contributed by atoms with E-state index in [0.29, 0.717) is 11.6 Å². The van der Waals surface area contributed by atoms with Gasteiger partial charge in [-0.2, -0.15) is 0 Å². The topological polar surface area (TPSA) is 64.9 Å². The fourth-order valence-corrected chi connectivity index (χ4v) is 3.71. The lowest BCUT2D eigenvalue weighted by Crippen LogP contribution is -1.90. The summed E-state index contributed by atoms with van der Waals surface area (Å²) in [6.45, 7) is 0. The van der Waals surface area contributed by atoms with E-state index in [9.17, 15) is 0 Å². The zero-order valence-corrected chi connectivity index (χ0v) is 13.4. The van der Waals surface area contributed by atoms with E-state index >= 15 is 0 Å². The van der Waals surface area contributed by atoms with Gasteiger partial charge in [-0.05, 0) is 50.1 Å². The number of anilines is 1. The van der Waals surface area contributed by atoms with Crippen LogP contribution in [0.15, 0.2) is 43.2 Å². The van der Waals surface area contributed by atoms with Crippen LogP contribution in [0.4, 0.5) is 5.82 Å². The Morgan fingerprint density at radius 2 is 2.11 bits per heavy atom. The van der Waals surface area contributed by atoms with Gasteiger partial charge in [0.2, 0.25) is 0 Å². The summed E-state index contributed by atoms with van der Waals surface area (Å²) in [5, 5.41) is 3.85. The molecule has 0 aliphatic carbocycles. The van der Waals surface area contributed by atoms with E-state index < -0.39 is 0 Å². The highest BCUT2D eigenvalue weighted by Gasteiger charge is 2.20. The summed E-state index contributed by atoms with van der Waals surface area (Å²) >= 11 is 8.46. The number of pyridine rings is 1. The maximum Gasteiger partial charge on any atom is 0.188 e. The maximum absolute atomic E-state index is 5.89. The Morgan fingerprint density at radius 3 is 2.74 bits per heavy atom. The van der Waals surface area contributed by atoms with E-state index in [0.717, 1.165) is 24.4 Å². The number of nitrogens with two attached hydrogens (primary N) is 1. The molecular formula is C12H7Br2N3OS. The first-order valence-electron chi connectivity index (χ1n) is 5.28. The molecule has 0 aliphatic rings. The van der Waals surface area contributed by atoms with Gasteiger partial charge in [-0.25, -0.2) is 0 Å². The van der Waals surface area contributed by atoms with Crippen molar-refractivity contribution in [3.8, 4) is 21.9 Å². The van der Waals surface area contributed by atoms with Gasteiger partial charge in [0.05, 0.1) is 19.9 Å². The quantitative estimate of drug-likeness (QED) is 0.684. The number of thiophene rings is 1. The van der Waals surface area contributed by atoms with E-state index in [4.69, 9.17) is 10.3 Å². The van der Waals surface area contributed by atoms with Crippen molar-refractivity contribution in [2.45, 2.75) is 0 Å². The predicted molar refractivity (Wildman–Crippen MR) is 82.9 cm³/mol. The smallest absolute Gasteiger partial charge is 0.188 e. The summed E-state index contributed by atoms with van der Waals surface area (Å²) in [5.41, 5.74) is 7.36. The average Bonchev–Trinajstić information content (AvgIpc) is 2.95. The third-order valence-corrected chi connectivity index (χ3v) is 5.76. The molecule has 0 unspecified atom stereocenters. The number of hydrogen-bond acceptors (Lipinski definition) is 5. The van der Waals surface area contributed by atoms with Gasteiger partial charge in [-0.15, -0.1) is 11.3 Å². The highest BCUT2D eigenvalue weighted by Crippen LogP contribution is 2.43. The third-order valence-electron chi connectivity index (χ3n) is 2.51. The third kappa shape index (κ3) is 2.33. The zero-order chi connectivity index (χ0) is 13.4. The normalized spacial score (nSPS) is 10.8. The van der Waals surface area contributed by atoms with Gasteiger partial charge in [-0.3, -0.25) is 4.98 Å². The summed E-state index contributed by atoms with van der Waals surface area (Å²) in [6.07, 6.45) is 1.71. The molecule has 0 aliphatic heterocycles.